The number of rotatable bonds is 7. The van der Waals surface area contributed by atoms with Crippen molar-refractivity contribution in [1.29, 1.82) is 0 Å². The van der Waals surface area contributed by atoms with E-state index in [0.717, 1.165) is 10.4 Å². The molecular weight excluding hydrogens is 524 g/mol. The van der Waals surface area contributed by atoms with Crippen LogP contribution in [0.1, 0.15) is 5.56 Å². The van der Waals surface area contributed by atoms with Crippen LogP contribution >= 0.6 is 34.8 Å². The van der Waals surface area contributed by atoms with Gasteiger partial charge < -0.3 is 5.32 Å². The molecule has 12 heteroatoms. The Morgan fingerprint density at radius 3 is 2.15 bits per heavy atom. The van der Waals surface area contributed by atoms with Crippen LogP contribution in [0.2, 0.25) is 15.1 Å². The van der Waals surface area contributed by atoms with E-state index >= 15 is 0 Å². The van der Waals surface area contributed by atoms with Crippen molar-refractivity contribution in [3.63, 3.8) is 0 Å². The highest BCUT2D eigenvalue weighted by Gasteiger charge is 2.28. The number of carbonyl (C=O) groups excluding carboxylic acids is 1. The summed E-state index contributed by atoms with van der Waals surface area (Å²) in [7, 11) is -4.26. The van der Waals surface area contributed by atoms with Crippen molar-refractivity contribution < 1.29 is 26.4 Å². The molecule has 0 saturated carbocycles. The van der Waals surface area contributed by atoms with Gasteiger partial charge in [0.15, 0.2) is 17.5 Å². The number of hydrogen-bond acceptors (Lipinski definition) is 3. The van der Waals surface area contributed by atoms with E-state index in [1.807, 2.05) is 5.32 Å². The van der Waals surface area contributed by atoms with Crippen LogP contribution in [0.25, 0.3) is 0 Å². The van der Waals surface area contributed by atoms with E-state index in [9.17, 15) is 26.4 Å². The summed E-state index contributed by atoms with van der Waals surface area (Å²) in [5.41, 5.74) is -0.308. The summed E-state index contributed by atoms with van der Waals surface area (Å²) in [6.07, 6.45) is 0. The summed E-state index contributed by atoms with van der Waals surface area (Å²) in [5, 5.41) is 2.83. The van der Waals surface area contributed by atoms with Crippen molar-refractivity contribution in [3.8, 4) is 0 Å². The second kappa shape index (κ2) is 10.3. The maximum absolute atomic E-state index is 13.9. The summed E-state index contributed by atoms with van der Waals surface area (Å²) in [6.45, 7) is -1.13. The normalized spacial score (nSPS) is 11.6. The Hall–Kier alpha value is -2.30. The van der Waals surface area contributed by atoms with Gasteiger partial charge in [0.1, 0.15) is 0 Å². The predicted octanol–water partition coefficient (Wildman–Crippen LogP) is 5.89. The molecule has 0 spiro atoms. The molecule has 0 aliphatic heterocycles. The van der Waals surface area contributed by atoms with Crippen LogP contribution in [-0.4, -0.2) is 25.2 Å². The summed E-state index contributed by atoms with van der Waals surface area (Å²) < 4.78 is 67.8. The van der Waals surface area contributed by atoms with Crippen molar-refractivity contribution >= 4 is 56.4 Å². The first kappa shape index (κ1) is 25.3. The summed E-state index contributed by atoms with van der Waals surface area (Å²) in [4.78, 5) is 12.4. The molecular formula is C21H14Cl3F3N2O3S. The molecule has 1 N–H and O–H groups in total. The van der Waals surface area contributed by atoms with Gasteiger partial charge in [0.25, 0.3) is 0 Å². The SMILES string of the molecule is O=C(CN(Cc1ccc(Cl)cc1Cl)S(=O)(=O)c1ccc(Cl)cc1)Nc1ccc(F)c(F)c1F. The molecule has 0 radical (unpaired) electrons. The highest BCUT2D eigenvalue weighted by Crippen LogP contribution is 2.26. The number of carbonyl (C=O) groups is 1. The molecule has 0 aliphatic carbocycles. The standard InChI is InChI=1S/C21H14Cl3F3N2O3S/c22-13-3-5-15(6-4-13)33(31,32)29(10-12-1-2-14(23)9-16(12)24)11-19(30)28-18-8-7-17(25)20(26)21(18)27/h1-9H,10-11H2,(H,28,30). The smallest absolute Gasteiger partial charge is 0.243 e. The fourth-order valence-electron chi connectivity index (χ4n) is 2.79. The molecule has 33 heavy (non-hydrogen) atoms. The first-order chi connectivity index (χ1) is 15.5. The largest absolute Gasteiger partial charge is 0.322 e. The number of nitrogens with one attached hydrogen (secondary N) is 1. The predicted molar refractivity (Wildman–Crippen MR) is 120 cm³/mol. The van der Waals surface area contributed by atoms with E-state index in [0.29, 0.717) is 21.7 Å². The van der Waals surface area contributed by atoms with Crippen LogP contribution in [0, 0.1) is 17.5 Å². The summed E-state index contributed by atoms with van der Waals surface area (Å²) >= 11 is 17.9. The number of nitrogens with zero attached hydrogens (tertiary/aromatic N) is 1. The maximum Gasteiger partial charge on any atom is 0.243 e. The van der Waals surface area contributed by atoms with Gasteiger partial charge in [0, 0.05) is 21.6 Å². The first-order valence-electron chi connectivity index (χ1n) is 9.12. The molecule has 1 amide bonds. The lowest BCUT2D eigenvalue weighted by molar-refractivity contribution is -0.116. The molecule has 0 fully saturated rings. The number of benzene rings is 3. The third-order valence-electron chi connectivity index (χ3n) is 4.44. The molecule has 0 heterocycles. The lowest BCUT2D eigenvalue weighted by atomic mass is 10.2. The van der Waals surface area contributed by atoms with E-state index in [1.54, 1.807) is 0 Å². The topological polar surface area (TPSA) is 66.5 Å². The monoisotopic (exact) mass is 536 g/mol. The summed E-state index contributed by atoms with van der Waals surface area (Å²) in [6, 6.07) is 11.1. The Morgan fingerprint density at radius 2 is 1.52 bits per heavy atom. The van der Waals surface area contributed by atoms with E-state index in [2.05, 4.69) is 0 Å². The molecule has 5 nitrogen and oxygen atoms in total. The van der Waals surface area contributed by atoms with E-state index < -0.39 is 45.6 Å². The van der Waals surface area contributed by atoms with E-state index in [4.69, 9.17) is 34.8 Å². The second-order valence-corrected chi connectivity index (χ2v) is 9.95. The number of amides is 1. The van der Waals surface area contributed by atoms with E-state index in [1.165, 1.54) is 42.5 Å². The molecule has 0 bridgehead atoms. The van der Waals surface area contributed by atoms with Gasteiger partial charge in [-0.1, -0.05) is 40.9 Å². The van der Waals surface area contributed by atoms with Gasteiger partial charge in [-0.05, 0) is 54.1 Å². The van der Waals surface area contributed by atoms with Crippen molar-refractivity contribution in [2.45, 2.75) is 11.4 Å². The zero-order valence-corrected chi connectivity index (χ0v) is 19.5. The molecule has 0 atom stereocenters. The quantitative estimate of drug-likeness (QED) is 0.382. The van der Waals surface area contributed by atoms with Crippen LogP contribution in [0.4, 0.5) is 18.9 Å². The average Bonchev–Trinajstić information content (AvgIpc) is 2.75. The van der Waals surface area contributed by atoms with Gasteiger partial charge in [-0.15, -0.1) is 0 Å². The highest BCUT2D eigenvalue weighted by atomic mass is 35.5. The molecule has 3 aromatic carbocycles. The fourth-order valence-corrected chi connectivity index (χ4v) is 4.76. The Bertz CT molecular complexity index is 1310. The fraction of sp³-hybridized carbons (Fsp3) is 0.0952. The van der Waals surface area contributed by atoms with Crippen molar-refractivity contribution in [1.82, 2.24) is 4.31 Å². The third-order valence-corrected chi connectivity index (χ3v) is 7.09. The van der Waals surface area contributed by atoms with Crippen LogP contribution in [0.5, 0.6) is 0 Å². The highest BCUT2D eigenvalue weighted by molar-refractivity contribution is 7.89. The van der Waals surface area contributed by atoms with Crippen LogP contribution < -0.4 is 5.32 Å². The maximum atomic E-state index is 13.9. The van der Waals surface area contributed by atoms with Crippen LogP contribution in [-0.2, 0) is 21.4 Å². The molecule has 0 aromatic heterocycles. The molecule has 0 unspecified atom stereocenters. The minimum absolute atomic E-state index is 0.158. The third kappa shape index (κ3) is 5.99. The Kier molecular flexibility index (Phi) is 7.92. The number of sulfonamides is 1. The van der Waals surface area contributed by atoms with Gasteiger partial charge in [-0.3, -0.25) is 4.79 Å². The molecule has 174 valence electrons. The zero-order valence-electron chi connectivity index (χ0n) is 16.5. The molecule has 0 saturated heterocycles. The Labute approximate surface area is 202 Å². The lowest BCUT2D eigenvalue weighted by Gasteiger charge is -2.22. The second-order valence-electron chi connectivity index (χ2n) is 6.73. The lowest BCUT2D eigenvalue weighted by Crippen LogP contribution is -2.37. The van der Waals surface area contributed by atoms with Crippen molar-refractivity contribution in [3.05, 3.63) is 92.7 Å². The van der Waals surface area contributed by atoms with Gasteiger partial charge >= 0.3 is 0 Å². The Balaban J connectivity index is 1.93. The van der Waals surface area contributed by atoms with Gasteiger partial charge in [0.2, 0.25) is 15.9 Å². The minimum Gasteiger partial charge on any atom is -0.322 e. The number of halogens is 6. The molecule has 3 aromatic rings. The van der Waals surface area contributed by atoms with Crippen molar-refractivity contribution in [2.75, 3.05) is 11.9 Å². The van der Waals surface area contributed by atoms with Gasteiger partial charge in [0.05, 0.1) is 17.1 Å². The molecule has 3 rings (SSSR count). The van der Waals surface area contributed by atoms with Crippen LogP contribution in [0.15, 0.2) is 59.5 Å². The van der Waals surface area contributed by atoms with Gasteiger partial charge in [-0.25, -0.2) is 21.6 Å². The van der Waals surface area contributed by atoms with Crippen molar-refractivity contribution in [2.24, 2.45) is 0 Å². The zero-order chi connectivity index (χ0) is 24.3. The minimum atomic E-state index is -4.26. The first-order valence-corrected chi connectivity index (χ1v) is 11.7. The average molecular weight is 538 g/mol. The Morgan fingerprint density at radius 1 is 0.879 bits per heavy atom. The van der Waals surface area contributed by atoms with Gasteiger partial charge in [-0.2, -0.15) is 4.31 Å². The van der Waals surface area contributed by atoms with E-state index in [-0.39, 0.29) is 16.5 Å². The summed E-state index contributed by atoms with van der Waals surface area (Å²) in [5.74, 6) is -5.82. The van der Waals surface area contributed by atoms with Crippen LogP contribution in [0.3, 0.4) is 0 Å². The molecule has 0 aliphatic rings. The number of anilines is 1. The number of hydrogen-bond donors (Lipinski definition) is 1.